The van der Waals surface area contributed by atoms with E-state index >= 15 is 0 Å². The maximum absolute atomic E-state index is 4.50. The SMILES string of the molecule is Cc1cccc(CNCCC2CCN(C)CC2)n1. The number of piperidine rings is 1. The third-order valence-electron chi connectivity index (χ3n) is 3.82. The summed E-state index contributed by atoms with van der Waals surface area (Å²) in [5.74, 6) is 0.916. The predicted octanol–water partition coefficient (Wildman–Crippen LogP) is 2.21. The summed E-state index contributed by atoms with van der Waals surface area (Å²) in [5, 5.41) is 3.51. The number of nitrogens with one attached hydrogen (secondary N) is 1. The minimum absolute atomic E-state index is 0.897. The van der Waals surface area contributed by atoms with Crippen LogP contribution in [0.25, 0.3) is 0 Å². The molecule has 1 aliphatic heterocycles. The van der Waals surface area contributed by atoms with E-state index in [1.54, 1.807) is 0 Å². The normalized spacial score (nSPS) is 18.1. The van der Waals surface area contributed by atoms with Gasteiger partial charge in [-0.2, -0.15) is 0 Å². The Morgan fingerprint density at radius 3 is 2.83 bits per heavy atom. The molecule has 1 aromatic heterocycles. The minimum Gasteiger partial charge on any atom is -0.311 e. The van der Waals surface area contributed by atoms with E-state index in [2.05, 4.69) is 34.4 Å². The molecular weight excluding hydrogens is 222 g/mol. The molecule has 0 bridgehead atoms. The fraction of sp³-hybridized carbons (Fsp3) is 0.667. The monoisotopic (exact) mass is 247 g/mol. The number of hydrogen-bond acceptors (Lipinski definition) is 3. The lowest BCUT2D eigenvalue weighted by molar-refractivity contribution is 0.211. The van der Waals surface area contributed by atoms with Crippen LogP contribution >= 0.6 is 0 Å². The lowest BCUT2D eigenvalue weighted by Gasteiger charge is -2.28. The lowest BCUT2D eigenvalue weighted by atomic mass is 9.94. The molecular formula is C15H25N3. The fourth-order valence-corrected chi connectivity index (χ4v) is 2.57. The van der Waals surface area contributed by atoms with Gasteiger partial charge in [0.15, 0.2) is 0 Å². The highest BCUT2D eigenvalue weighted by Crippen LogP contribution is 2.18. The second kappa shape index (κ2) is 6.86. The van der Waals surface area contributed by atoms with Crippen molar-refractivity contribution < 1.29 is 0 Å². The van der Waals surface area contributed by atoms with Gasteiger partial charge in [0.25, 0.3) is 0 Å². The van der Waals surface area contributed by atoms with Crippen molar-refractivity contribution in [1.29, 1.82) is 0 Å². The standard InChI is InChI=1S/C15H25N3/c1-13-4-3-5-15(17-13)12-16-9-6-14-7-10-18(2)11-8-14/h3-5,14,16H,6-12H2,1-2H3. The van der Waals surface area contributed by atoms with Gasteiger partial charge in [0.2, 0.25) is 0 Å². The zero-order chi connectivity index (χ0) is 12.8. The molecule has 2 rings (SSSR count). The molecule has 0 saturated carbocycles. The Bertz CT molecular complexity index is 357. The van der Waals surface area contributed by atoms with Gasteiger partial charge in [0.1, 0.15) is 0 Å². The summed E-state index contributed by atoms with van der Waals surface area (Å²) in [5.41, 5.74) is 2.25. The Hall–Kier alpha value is -0.930. The molecule has 1 saturated heterocycles. The third-order valence-corrected chi connectivity index (χ3v) is 3.82. The van der Waals surface area contributed by atoms with Crippen LogP contribution in [0.4, 0.5) is 0 Å². The summed E-state index contributed by atoms with van der Waals surface area (Å²) in [4.78, 5) is 6.93. The first-order valence-electron chi connectivity index (χ1n) is 7.06. The van der Waals surface area contributed by atoms with Crippen LogP contribution in [0.2, 0.25) is 0 Å². The van der Waals surface area contributed by atoms with Gasteiger partial charge in [-0.25, -0.2) is 0 Å². The molecule has 0 atom stereocenters. The van der Waals surface area contributed by atoms with Crippen molar-refractivity contribution in [2.24, 2.45) is 5.92 Å². The Morgan fingerprint density at radius 1 is 1.33 bits per heavy atom. The molecule has 0 aliphatic carbocycles. The highest BCUT2D eigenvalue weighted by molar-refractivity contribution is 5.09. The number of rotatable bonds is 5. The summed E-state index contributed by atoms with van der Waals surface area (Å²) >= 11 is 0. The van der Waals surface area contributed by atoms with Gasteiger partial charge in [0.05, 0.1) is 5.69 Å². The minimum atomic E-state index is 0.897. The topological polar surface area (TPSA) is 28.2 Å². The molecule has 3 heteroatoms. The van der Waals surface area contributed by atoms with E-state index in [-0.39, 0.29) is 0 Å². The molecule has 1 aromatic rings. The largest absolute Gasteiger partial charge is 0.311 e. The summed E-state index contributed by atoms with van der Waals surface area (Å²) < 4.78 is 0. The smallest absolute Gasteiger partial charge is 0.0544 e. The van der Waals surface area contributed by atoms with Crippen LogP contribution in [0.5, 0.6) is 0 Å². The molecule has 1 fully saturated rings. The van der Waals surface area contributed by atoms with Crippen LogP contribution < -0.4 is 5.32 Å². The molecule has 100 valence electrons. The molecule has 0 aromatic carbocycles. The van der Waals surface area contributed by atoms with E-state index < -0.39 is 0 Å². The molecule has 3 nitrogen and oxygen atoms in total. The molecule has 0 unspecified atom stereocenters. The summed E-state index contributed by atoms with van der Waals surface area (Å²) in [6.45, 7) is 6.59. The first-order valence-corrected chi connectivity index (χ1v) is 7.06. The number of pyridine rings is 1. The van der Waals surface area contributed by atoms with Crippen molar-refractivity contribution in [2.45, 2.75) is 32.7 Å². The van der Waals surface area contributed by atoms with Gasteiger partial charge >= 0.3 is 0 Å². The zero-order valence-electron chi connectivity index (χ0n) is 11.7. The van der Waals surface area contributed by atoms with E-state index in [0.29, 0.717) is 0 Å². The third kappa shape index (κ3) is 4.39. The van der Waals surface area contributed by atoms with E-state index in [1.807, 2.05) is 13.0 Å². The quantitative estimate of drug-likeness (QED) is 0.809. The van der Waals surface area contributed by atoms with E-state index in [4.69, 9.17) is 0 Å². The van der Waals surface area contributed by atoms with Crippen molar-refractivity contribution in [3.8, 4) is 0 Å². The summed E-state index contributed by atoms with van der Waals surface area (Å²) in [6.07, 6.45) is 4.03. The van der Waals surface area contributed by atoms with E-state index in [9.17, 15) is 0 Å². The first kappa shape index (κ1) is 13.5. The Balaban J connectivity index is 1.61. The van der Waals surface area contributed by atoms with Gasteiger partial charge in [-0.3, -0.25) is 4.98 Å². The van der Waals surface area contributed by atoms with Gasteiger partial charge in [-0.15, -0.1) is 0 Å². The second-order valence-corrected chi connectivity index (χ2v) is 5.48. The maximum atomic E-state index is 4.50. The van der Waals surface area contributed by atoms with E-state index in [1.165, 1.54) is 32.4 Å². The second-order valence-electron chi connectivity index (χ2n) is 5.48. The molecule has 1 N–H and O–H groups in total. The maximum Gasteiger partial charge on any atom is 0.0544 e. The van der Waals surface area contributed by atoms with Gasteiger partial charge in [-0.1, -0.05) is 6.07 Å². The van der Waals surface area contributed by atoms with Crippen LogP contribution in [0.3, 0.4) is 0 Å². The number of hydrogen-bond donors (Lipinski definition) is 1. The van der Waals surface area contributed by atoms with Crippen LogP contribution in [0, 0.1) is 12.8 Å². The molecule has 18 heavy (non-hydrogen) atoms. The van der Waals surface area contributed by atoms with Gasteiger partial charge < -0.3 is 10.2 Å². The van der Waals surface area contributed by atoms with Crippen LogP contribution in [-0.2, 0) is 6.54 Å². The average molecular weight is 247 g/mol. The van der Waals surface area contributed by atoms with Crippen molar-refractivity contribution in [3.05, 3.63) is 29.6 Å². The molecule has 2 heterocycles. The van der Waals surface area contributed by atoms with Gasteiger partial charge in [-0.05, 0) is 70.9 Å². The van der Waals surface area contributed by atoms with Crippen LogP contribution in [-0.4, -0.2) is 36.6 Å². The summed E-state index contributed by atoms with van der Waals surface area (Å²) in [7, 11) is 2.22. The highest BCUT2D eigenvalue weighted by Gasteiger charge is 2.15. The fourth-order valence-electron chi connectivity index (χ4n) is 2.57. The van der Waals surface area contributed by atoms with E-state index in [0.717, 1.165) is 30.4 Å². The first-order chi connectivity index (χ1) is 8.74. The molecule has 0 radical (unpaired) electrons. The summed E-state index contributed by atoms with van der Waals surface area (Å²) in [6, 6.07) is 6.22. The van der Waals surface area contributed by atoms with Gasteiger partial charge in [0, 0.05) is 12.2 Å². The van der Waals surface area contributed by atoms with Crippen molar-refractivity contribution in [3.63, 3.8) is 0 Å². The van der Waals surface area contributed by atoms with Crippen molar-refractivity contribution in [2.75, 3.05) is 26.7 Å². The average Bonchev–Trinajstić information content (AvgIpc) is 2.37. The van der Waals surface area contributed by atoms with Crippen LogP contribution in [0.15, 0.2) is 18.2 Å². The number of aromatic nitrogens is 1. The number of aryl methyl sites for hydroxylation is 1. The Kier molecular flexibility index (Phi) is 5.14. The number of nitrogens with zero attached hydrogens (tertiary/aromatic N) is 2. The molecule has 0 spiro atoms. The Labute approximate surface area is 111 Å². The van der Waals surface area contributed by atoms with Crippen molar-refractivity contribution in [1.82, 2.24) is 15.2 Å². The predicted molar refractivity (Wildman–Crippen MR) is 75.5 cm³/mol. The Morgan fingerprint density at radius 2 is 2.11 bits per heavy atom. The van der Waals surface area contributed by atoms with Crippen LogP contribution in [0.1, 0.15) is 30.7 Å². The molecule has 0 amide bonds. The number of likely N-dealkylation sites (tertiary alicyclic amines) is 1. The zero-order valence-corrected chi connectivity index (χ0v) is 11.7. The lowest BCUT2D eigenvalue weighted by Crippen LogP contribution is -2.31. The van der Waals surface area contributed by atoms with Crippen molar-refractivity contribution >= 4 is 0 Å². The molecule has 1 aliphatic rings. The highest BCUT2D eigenvalue weighted by atomic mass is 15.1.